The van der Waals surface area contributed by atoms with Gasteiger partial charge in [0.2, 0.25) is 5.95 Å². The molecule has 2 fully saturated rings. The molecule has 14 heteroatoms. The lowest BCUT2D eigenvalue weighted by Crippen LogP contribution is -2.43. The molecule has 0 saturated carbocycles. The first-order valence-corrected chi connectivity index (χ1v) is 11.5. The topological polar surface area (TPSA) is 159 Å². The van der Waals surface area contributed by atoms with Crippen molar-refractivity contribution in [3.63, 3.8) is 0 Å². The van der Waals surface area contributed by atoms with Crippen LogP contribution in [-0.4, -0.2) is 61.9 Å². The lowest BCUT2D eigenvalue weighted by atomic mass is 10.2. The fourth-order valence-electron chi connectivity index (χ4n) is 3.44. The molecule has 0 radical (unpaired) electrons. The van der Waals surface area contributed by atoms with Gasteiger partial charge in [0, 0.05) is 6.42 Å². The first-order chi connectivity index (χ1) is 14.1. The molecule has 166 valence electrons. The molecule has 0 bridgehead atoms. The van der Waals surface area contributed by atoms with Gasteiger partial charge >= 0.3 is 7.75 Å². The molecule has 12 nitrogen and oxygen atoms in total. The van der Waals surface area contributed by atoms with Crippen molar-refractivity contribution in [3.05, 3.63) is 11.0 Å². The number of H-pyrrole nitrogens is 1. The van der Waals surface area contributed by atoms with Gasteiger partial charge < -0.3 is 25.3 Å². The molecule has 4 heterocycles. The lowest BCUT2D eigenvalue weighted by molar-refractivity contribution is -0.139. The monoisotopic (exact) mass is 460 g/mol. The van der Waals surface area contributed by atoms with Crippen LogP contribution >= 0.6 is 20.0 Å². The van der Waals surface area contributed by atoms with E-state index in [0.717, 1.165) is 0 Å². The molecule has 0 aromatic carbocycles. The molecule has 2 unspecified atom stereocenters. The van der Waals surface area contributed by atoms with Crippen LogP contribution in [0.5, 0.6) is 0 Å². The van der Waals surface area contributed by atoms with Gasteiger partial charge in [-0.3, -0.25) is 13.6 Å². The Bertz CT molecular complexity index is 1030. The van der Waals surface area contributed by atoms with Crippen LogP contribution in [0.3, 0.4) is 0 Å². The van der Waals surface area contributed by atoms with Gasteiger partial charge in [-0.05, 0) is 20.8 Å². The molecule has 2 aliphatic rings. The molecule has 2 saturated heterocycles. The number of nitrogens with zero attached hydrogens (tertiary/aromatic N) is 3. The second-order valence-electron chi connectivity index (χ2n) is 7.57. The number of hydrogen-bond donors (Lipinski definition) is 4. The zero-order chi connectivity index (χ0) is 21.6. The first-order valence-electron chi connectivity index (χ1n) is 9.57. The predicted octanol–water partition coefficient (Wildman–Crippen LogP) is 1.60. The van der Waals surface area contributed by atoms with Gasteiger partial charge in [-0.2, -0.15) is 4.98 Å². The van der Waals surface area contributed by atoms with Crippen molar-refractivity contribution >= 4 is 37.1 Å². The second kappa shape index (κ2) is 8.24. The van der Waals surface area contributed by atoms with Crippen molar-refractivity contribution in [2.24, 2.45) is 0 Å². The molecule has 2 aromatic heterocycles. The SMILES string of the molecule is CC(C)OC(O)[C@H](C)NP1(=O)OC[C@H]2O[C@@H](n3cnc4c(=S)[nH]c(N)nc43)C[C@@H]2O1. The van der Waals surface area contributed by atoms with Crippen molar-refractivity contribution in [1.29, 1.82) is 0 Å². The molecule has 2 aromatic rings. The standard InChI is InChI=1S/C16H25N6O6PS/c1-7(2)26-15(23)8(3)21-29(24)25-5-10-9(28-29)4-11(27-10)22-6-18-12-13(22)19-16(17)20-14(12)30/h6-11,15,23H,4-5H2,1-3H3,(H,21,24)(H3,17,19,20,30)/t8-,9-,10+,11+,15?,29?/m0/s1. The maximum atomic E-state index is 13.0. The summed E-state index contributed by atoms with van der Waals surface area (Å²) in [6.07, 6.45) is -0.736. The Morgan fingerprint density at radius 1 is 1.47 bits per heavy atom. The van der Waals surface area contributed by atoms with Gasteiger partial charge in [0.15, 0.2) is 11.9 Å². The largest absolute Gasteiger partial charge is 0.406 e. The number of ether oxygens (including phenoxy) is 2. The van der Waals surface area contributed by atoms with Crippen LogP contribution in [0.25, 0.3) is 11.2 Å². The number of aliphatic hydroxyl groups excluding tert-OH is 1. The number of nitrogens with two attached hydrogens (primary N) is 1. The van der Waals surface area contributed by atoms with E-state index in [-0.39, 0.29) is 18.7 Å². The summed E-state index contributed by atoms with van der Waals surface area (Å²) in [7, 11) is -3.66. The highest BCUT2D eigenvalue weighted by Gasteiger charge is 2.48. The Balaban J connectivity index is 1.47. The van der Waals surface area contributed by atoms with Crippen molar-refractivity contribution < 1.29 is 28.2 Å². The fourth-order valence-corrected chi connectivity index (χ4v) is 5.44. The summed E-state index contributed by atoms with van der Waals surface area (Å²) in [5.41, 5.74) is 6.77. The average molecular weight is 460 g/mol. The van der Waals surface area contributed by atoms with E-state index in [0.29, 0.717) is 22.2 Å². The summed E-state index contributed by atoms with van der Waals surface area (Å²) in [5.74, 6) is 0.175. The average Bonchev–Trinajstić information content (AvgIpc) is 3.23. The Kier molecular flexibility index (Phi) is 5.99. The summed E-state index contributed by atoms with van der Waals surface area (Å²) < 4.78 is 37.6. The van der Waals surface area contributed by atoms with Gasteiger partial charge in [0.05, 0.1) is 25.1 Å². The number of hydrogen-bond acceptors (Lipinski definition) is 10. The smallest absolute Gasteiger partial charge is 0.369 e. The van der Waals surface area contributed by atoms with Gasteiger partial charge in [0.25, 0.3) is 0 Å². The highest BCUT2D eigenvalue weighted by Crippen LogP contribution is 2.53. The minimum absolute atomic E-state index is 0.0710. The number of anilines is 1. The van der Waals surface area contributed by atoms with Crippen LogP contribution < -0.4 is 10.8 Å². The molecule has 0 aliphatic carbocycles. The number of fused-ring (bicyclic) bond motifs is 2. The summed E-state index contributed by atoms with van der Waals surface area (Å²) in [4.78, 5) is 11.3. The second-order valence-corrected chi connectivity index (χ2v) is 9.70. The van der Waals surface area contributed by atoms with Crippen LogP contribution in [0.2, 0.25) is 0 Å². The third kappa shape index (κ3) is 4.30. The van der Waals surface area contributed by atoms with E-state index < -0.39 is 38.5 Å². The molecule has 0 spiro atoms. The first kappa shape index (κ1) is 21.8. The van der Waals surface area contributed by atoms with E-state index in [1.807, 2.05) is 0 Å². The Labute approximate surface area is 177 Å². The van der Waals surface area contributed by atoms with E-state index in [4.69, 9.17) is 36.5 Å². The van der Waals surface area contributed by atoms with Gasteiger partial charge in [-0.15, -0.1) is 0 Å². The molecular weight excluding hydrogens is 435 g/mol. The summed E-state index contributed by atoms with van der Waals surface area (Å²) in [5, 5.41) is 12.8. The minimum Gasteiger partial charge on any atom is -0.369 e. The lowest BCUT2D eigenvalue weighted by Gasteiger charge is -2.33. The molecule has 2 aliphatic heterocycles. The Morgan fingerprint density at radius 3 is 2.97 bits per heavy atom. The predicted molar refractivity (Wildman–Crippen MR) is 109 cm³/mol. The quantitative estimate of drug-likeness (QED) is 0.282. The van der Waals surface area contributed by atoms with E-state index in [9.17, 15) is 9.67 Å². The number of nitrogens with one attached hydrogen (secondary N) is 2. The van der Waals surface area contributed by atoms with Gasteiger partial charge in [-0.1, -0.05) is 12.2 Å². The Morgan fingerprint density at radius 2 is 2.23 bits per heavy atom. The highest BCUT2D eigenvalue weighted by atomic mass is 32.1. The number of aliphatic hydroxyl groups is 1. The number of rotatable bonds is 6. The fraction of sp³-hybridized carbons (Fsp3) is 0.688. The van der Waals surface area contributed by atoms with Crippen LogP contribution in [-0.2, 0) is 23.1 Å². The minimum atomic E-state index is -3.66. The van der Waals surface area contributed by atoms with Crippen LogP contribution in [0.15, 0.2) is 6.33 Å². The summed E-state index contributed by atoms with van der Waals surface area (Å²) >= 11 is 5.24. The normalized spacial score (nSPS) is 31.2. The maximum absolute atomic E-state index is 13.0. The van der Waals surface area contributed by atoms with Crippen LogP contribution in [0.4, 0.5) is 5.95 Å². The zero-order valence-corrected chi connectivity index (χ0v) is 18.4. The van der Waals surface area contributed by atoms with Crippen LogP contribution in [0, 0.1) is 4.64 Å². The molecular formula is C16H25N6O6PS. The van der Waals surface area contributed by atoms with Crippen molar-refractivity contribution in [1.82, 2.24) is 24.6 Å². The van der Waals surface area contributed by atoms with Crippen molar-refractivity contribution in [2.75, 3.05) is 12.3 Å². The molecule has 0 amide bonds. The van der Waals surface area contributed by atoms with E-state index >= 15 is 0 Å². The van der Waals surface area contributed by atoms with E-state index in [1.165, 1.54) is 0 Å². The van der Waals surface area contributed by atoms with E-state index in [1.54, 1.807) is 31.7 Å². The Hall–Kier alpha value is -1.44. The molecule has 4 rings (SSSR count). The van der Waals surface area contributed by atoms with E-state index in [2.05, 4.69) is 20.0 Å². The number of aromatic amines is 1. The number of nitrogen functional groups attached to an aromatic ring is 1. The molecule has 6 atom stereocenters. The van der Waals surface area contributed by atoms with Crippen molar-refractivity contribution in [2.45, 2.75) is 64.1 Å². The molecule has 5 N–H and O–H groups in total. The third-order valence-corrected chi connectivity index (χ3v) is 6.88. The summed E-state index contributed by atoms with van der Waals surface area (Å²) in [6.45, 7) is 5.29. The number of imidazole rings is 1. The van der Waals surface area contributed by atoms with Gasteiger partial charge in [-0.25, -0.2) is 14.6 Å². The van der Waals surface area contributed by atoms with Gasteiger partial charge in [0.1, 0.15) is 28.6 Å². The highest BCUT2D eigenvalue weighted by molar-refractivity contribution is 7.71. The third-order valence-electron chi connectivity index (χ3n) is 4.83. The van der Waals surface area contributed by atoms with Crippen molar-refractivity contribution in [3.8, 4) is 0 Å². The molecule has 30 heavy (non-hydrogen) atoms. The zero-order valence-electron chi connectivity index (χ0n) is 16.7. The maximum Gasteiger partial charge on any atom is 0.406 e. The van der Waals surface area contributed by atoms with Crippen LogP contribution in [0.1, 0.15) is 33.4 Å². The number of aromatic nitrogens is 4. The summed E-state index contributed by atoms with van der Waals surface area (Å²) in [6, 6.07) is -0.667.